The first kappa shape index (κ1) is 40.5. The molecule has 3 atom stereocenters. The van der Waals surface area contributed by atoms with Crippen LogP contribution in [0, 0.1) is 12.8 Å². The van der Waals surface area contributed by atoms with Crippen molar-refractivity contribution in [2.24, 2.45) is 5.92 Å². The zero-order chi connectivity index (χ0) is 40.4. The fraction of sp³-hybridized carbons (Fsp3) is 0.575. The zero-order valence-electron chi connectivity index (χ0n) is 33.2. The molecule has 0 spiro atoms. The minimum absolute atomic E-state index is 0.00889. The number of hydrogen-bond donors (Lipinski definition) is 3. The second kappa shape index (κ2) is 16.6. The Kier molecular flexibility index (Phi) is 11.8. The lowest BCUT2D eigenvalue weighted by molar-refractivity contribution is -0.130. The highest BCUT2D eigenvalue weighted by molar-refractivity contribution is 7.91. The summed E-state index contributed by atoms with van der Waals surface area (Å²) in [6.45, 7) is 8.84. The molecule has 2 aliphatic carbocycles. The molecule has 57 heavy (non-hydrogen) atoms. The van der Waals surface area contributed by atoms with Gasteiger partial charge in [0.15, 0.2) is 0 Å². The van der Waals surface area contributed by atoms with Crippen molar-refractivity contribution in [3.05, 3.63) is 48.2 Å². The summed E-state index contributed by atoms with van der Waals surface area (Å²) in [5, 5.41) is 11.3. The Morgan fingerprint density at radius 3 is 2.61 bits per heavy atom. The van der Waals surface area contributed by atoms with E-state index in [1.165, 1.54) is 4.90 Å². The van der Waals surface area contributed by atoms with Gasteiger partial charge in [0.25, 0.3) is 5.91 Å². The molecule has 2 saturated carbocycles. The maximum atomic E-state index is 14.1. The van der Waals surface area contributed by atoms with Gasteiger partial charge < -0.3 is 29.7 Å². The average Bonchev–Trinajstić information content (AvgIpc) is 4.07. The highest BCUT2D eigenvalue weighted by Gasteiger charge is 2.62. The molecule has 4 amide bonds. The van der Waals surface area contributed by atoms with Crippen LogP contribution in [0.2, 0.25) is 0 Å². The number of nitrogens with zero attached hydrogens (tertiary/aromatic N) is 5. The van der Waals surface area contributed by atoms with Gasteiger partial charge in [0.1, 0.15) is 28.8 Å². The van der Waals surface area contributed by atoms with Crippen LogP contribution in [0.3, 0.4) is 0 Å². The number of amides is 4. The van der Waals surface area contributed by atoms with Crippen LogP contribution in [-0.2, 0) is 30.9 Å². The molecule has 17 heteroatoms. The van der Waals surface area contributed by atoms with E-state index in [1.807, 2.05) is 54.2 Å². The van der Waals surface area contributed by atoms with E-state index in [-0.39, 0.29) is 19.4 Å². The molecule has 4 aliphatic rings. The van der Waals surface area contributed by atoms with E-state index in [0.717, 1.165) is 63.1 Å². The van der Waals surface area contributed by atoms with Gasteiger partial charge in [-0.2, -0.15) is 5.10 Å². The summed E-state index contributed by atoms with van der Waals surface area (Å²) in [4.78, 5) is 50.1. The van der Waals surface area contributed by atoms with Gasteiger partial charge in [-0.05, 0) is 70.6 Å². The maximum Gasteiger partial charge on any atom is 0.317 e. The number of nitrogens with one attached hydrogen (secondary N) is 3. The van der Waals surface area contributed by atoms with E-state index < -0.39 is 50.1 Å². The van der Waals surface area contributed by atoms with Crippen molar-refractivity contribution in [2.45, 2.75) is 81.7 Å². The third-order valence-corrected chi connectivity index (χ3v) is 13.9. The number of rotatable bonds is 12. The summed E-state index contributed by atoms with van der Waals surface area (Å²) < 4.78 is 46.8. The number of methoxy groups -OCH3 is 1. The summed E-state index contributed by atoms with van der Waals surface area (Å²) in [5.74, 6) is -0.596. The standard InChI is InChI=1S/C40H54N8O8S/c1-27-33(54-4)11-10-29-34(25-32(41-35(27)29)30-12-17-48(44-30)19-18-47-20-23-55-24-21-47)56-22-13-31-36(49)43-40(37(50)45-57(52,53)39(2)14-15-39)26-28(40)9-7-5-6-8-16-46(3)38(51)42-31/h7,9-12,17,25,28,31H,5-6,8,13-16,18-24,26H2,1-4H3,(H,42,51)(H,43,49)(H,45,50)/b9-7-/t28-,31+,40-/m1/s1. The number of pyridine rings is 1. The fourth-order valence-corrected chi connectivity index (χ4v) is 8.71. The Balaban J connectivity index is 1.12. The number of allylic oxidation sites excluding steroid dienone is 1. The van der Waals surface area contributed by atoms with Gasteiger partial charge in [0.05, 0.1) is 49.4 Å². The Morgan fingerprint density at radius 1 is 1.07 bits per heavy atom. The molecule has 1 aromatic carbocycles. The number of aryl methyl sites for hydroxylation is 1. The van der Waals surface area contributed by atoms with Crippen molar-refractivity contribution in [2.75, 3.05) is 60.2 Å². The number of carbonyl (C=O) groups excluding carboxylic acids is 3. The number of morpholine rings is 1. The lowest BCUT2D eigenvalue weighted by Crippen LogP contribution is -2.58. The summed E-state index contributed by atoms with van der Waals surface area (Å²) in [6, 6.07) is 5.92. The van der Waals surface area contributed by atoms with Gasteiger partial charge in [-0.25, -0.2) is 18.2 Å². The van der Waals surface area contributed by atoms with Gasteiger partial charge in [-0.3, -0.25) is 23.9 Å². The summed E-state index contributed by atoms with van der Waals surface area (Å²) in [6.07, 6.45) is 9.26. The second-order valence-corrected chi connectivity index (χ2v) is 18.0. The SMILES string of the molecule is COc1ccc2c(OCC[C@@H]3NC(=O)N(C)CCCC/C=C\[C@@H]4C[C@@]4(C(=O)NS(=O)(=O)C4(C)CC4)NC3=O)cc(-c3ccn(CCN4CCOCC4)n3)nc2c1C. The van der Waals surface area contributed by atoms with Crippen LogP contribution in [0.4, 0.5) is 4.79 Å². The number of hydrogen-bond acceptors (Lipinski definition) is 11. The third kappa shape index (κ3) is 8.89. The van der Waals surface area contributed by atoms with Gasteiger partial charge in [0, 0.05) is 68.8 Å². The largest absolute Gasteiger partial charge is 0.496 e. The number of urea groups is 1. The Labute approximate surface area is 333 Å². The maximum absolute atomic E-state index is 14.1. The van der Waals surface area contributed by atoms with Gasteiger partial charge in [0.2, 0.25) is 15.9 Å². The van der Waals surface area contributed by atoms with E-state index in [4.69, 9.17) is 24.3 Å². The molecule has 0 unspecified atom stereocenters. The van der Waals surface area contributed by atoms with Crippen molar-refractivity contribution in [3.8, 4) is 22.9 Å². The summed E-state index contributed by atoms with van der Waals surface area (Å²) in [7, 11) is -0.676. The molecule has 2 aromatic heterocycles. The monoisotopic (exact) mass is 806 g/mol. The van der Waals surface area contributed by atoms with Crippen molar-refractivity contribution in [1.29, 1.82) is 0 Å². The van der Waals surface area contributed by atoms with Gasteiger partial charge in [-0.1, -0.05) is 12.2 Å². The quantitative estimate of drug-likeness (QED) is 0.229. The van der Waals surface area contributed by atoms with Crippen LogP contribution >= 0.6 is 0 Å². The first-order chi connectivity index (χ1) is 27.3. The molecule has 3 aromatic rings. The predicted octanol–water partition coefficient (Wildman–Crippen LogP) is 3.14. The molecule has 3 N–H and O–H groups in total. The minimum atomic E-state index is -3.95. The lowest BCUT2D eigenvalue weighted by Gasteiger charge is -2.26. The first-order valence-electron chi connectivity index (χ1n) is 19.8. The lowest BCUT2D eigenvalue weighted by atomic mass is 10.1. The number of ether oxygens (including phenoxy) is 3. The average molecular weight is 807 g/mol. The van der Waals surface area contributed by atoms with E-state index in [0.29, 0.717) is 54.3 Å². The third-order valence-electron chi connectivity index (χ3n) is 11.7. The zero-order valence-corrected chi connectivity index (χ0v) is 34.0. The fourth-order valence-electron chi connectivity index (χ4n) is 7.40. The molecule has 7 rings (SSSR count). The molecule has 3 fully saturated rings. The molecule has 2 aliphatic heterocycles. The molecule has 308 valence electrons. The number of sulfonamides is 1. The topological polar surface area (TPSA) is 186 Å². The molecule has 16 nitrogen and oxygen atoms in total. The molecular weight excluding hydrogens is 753 g/mol. The summed E-state index contributed by atoms with van der Waals surface area (Å²) in [5.41, 5.74) is 1.29. The van der Waals surface area contributed by atoms with Gasteiger partial charge in [-0.15, -0.1) is 0 Å². The molecule has 1 saturated heterocycles. The number of fused-ring (bicyclic) bond motifs is 2. The minimum Gasteiger partial charge on any atom is -0.496 e. The summed E-state index contributed by atoms with van der Waals surface area (Å²) >= 11 is 0. The molecule has 0 bridgehead atoms. The van der Waals surface area contributed by atoms with E-state index >= 15 is 0 Å². The van der Waals surface area contributed by atoms with Gasteiger partial charge >= 0.3 is 6.03 Å². The van der Waals surface area contributed by atoms with Crippen molar-refractivity contribution >= 4 is 38.8 Å². The van der Waals surface area contributed by atoms with Crippen LogP contribution in [-0.4, -0.2) is 127 Å². The second-order valence-electron chi connectivity index (χ2n) is 15.9. The van der Waals surface area contributed by atoms with Crippen LogP contribution in [0.15, 0.2) is 42.6 Å². The van der Waals surface area contributed by atoms with Crippen LogP contribution in [0.5, 0.6) is 11.5 Å². The van der Waals surface area contributed by atoms with E-state index in [2.05, 4.69) is 20.3 Å². The van der Waals surface area contributed by atoms with Crippen LogP contribution in [0.25, 0.3) is 22.3 Å². The predicted molar refractivity (Wildman–Crippen MR) is 213 cm³/mol. The number of aromatic nitrogens is 3. The molecule has 4 heterocycles. The number of carbonyl (C=O) groups is 3. The Bertz CT molecular complexity index is 2130. The normalized spacial score (nSPS) is 24.7. The number of benzene rings is 1. The Morgan fingerprint density at radius 2 is 1.86 bits per heavy atom. The smallest absolute Gasteiger partial charge is 0.317 e. The van der Waals surface area contributed by atoms with E-state index in [1.54, 1.807) is 21.1 Å². The highest BCUT2D eigenvalue weighted by atomic mass is 32.2. The first-order valence-corrected chi connectivity index (χ1v) is 21.3. The molecular formula is C40H54N8O8S. The highest BCUT2D eigenvalue weighted by Crippen LogP contribution is 2.47. The van der Waals surface area contributed by atoms with Crippen molar-refractivity contribution in [1.82, 2.24) is 39.9 Å². The van der Waals surface area contributed by atoms with E-state index in [9.17, 15) is 22.8 Å². The van der Waals surface area contributed by atoms with Crippen LogP contribution < -0.4 is 24.8 Å². The van der Waals surface area contributed by atoms with Crippen LogP contribution in [0.1, 0.15) is 57.4 Å². The van der Waals surface area contributed by atoms with Crippen molar-refractivity contribution in [3.63, 3.8) is 0 Å². The van der Waals surface area contributed by atoms with Crippen molar-refractivity contribution < 1.29 is 37.0 Å². The Hall–Kier alpha value is -4.74. The molecule has 0 radical (unpaired) electrons.